The topological polar surface area (TPSA) is 27.1 Å². The zero-order valence-corrected chi connectivity index (χ0v) is 12.2. The number of benzene rings is 1. The van der Waals surface area contributed by atoms with Crippen molar-refractivity contribution in [2.24, 2.45) is 0 Å². The number of imidazole rings is 1. The number of methoxy groups -OCH3 is 1. The molecule has 1 aromatic heterocycles. The third kappa shape index (κ3) is 3.71. The van der Waals surface area contributed by atoms with E-state index in [9.17, 15) is 0 Å². The lowest BCUT2D eigenvalue weighted by molar-refractivity contribution is 0.191. The van der Waals surface area contributed by atoms with Gasteiger partial charge in [-0.15, -0.1) is 11.6 Å². The van der Waals surface area contributed by atoms with Gasteiger partial charge in [-0.25, -0.2) is 4.98 Å². The van der Waals surface area contributed by atoms with Gasteiger partial charge in [0.1, 0.15) is 5.82 Å². The third-order valence-corrected chi connectivity index (χ3v) is 3.47. The average molecular weight is 281 g/mol. The standard InChI is InChI=1S/C15H21ClN2O/c1-19-12-6-2-5-11-18-14-8-4-3-7-13(14)17-15(18)9-10-16/h3-4,7-8H,2,5-6,9-12H2,1H3. The van der Waals surface area contributed by atoms with Crippen molar-refractivity contribution in [3.63, 3.8) is 0 Å². The molecule has 0 aliphatic heterocycles. The van der Waals surface area contributed by atoms with E-state index in [2.05, 4.69) is 27.8 Å². The summed E-state index contributed by atoms with van der Waals surface area (Å²) in [6.45, 7) is 1.86. The van der Waals surface area contributed by atoms with Crippen LogP contribution in [0.5, 0.6) is 0 Å². The SMILES string of the molecule is COCCCCCn1c(CCCl)nc2ccccc21. The number of nitrogens with zero attached hydrogens (tertiary/aromatic N) is 2. The van der Waals surface area contributed by atoms with Gasteiger partial charge in [0.15, 0.2) is 0 Å². The van der Waals surface area contributed by atoms with E-state index in [1.807, 2.05) is 6.07 Å². The lowest BCUT2D eigenvalue weighted by Gasteiger charge is -2.08. The number of fused-ring (bicyclic) bond motifs is 1. The molecule has 4 heteroatoms. The Hall–Kier alpha value is -1.06. The van der Waals surface area contributed by atoms with Crippen LogP contribution >= 0.6 is 11.6 Å². The molecule has 0 radical (unpaired) electrons. The Bertz CT molecular complexity index is 510. The zero-order chi connectivity index (χ0) is 13.5. The maximum Gasteiger partial charge on any atom is 0.111 e. The van der Waals surface area contributed by atoms with E-state index in [0.717, 1.165) is 43.8 Å². The smallest absolute Gasteiger partial charge is 0.111 e. The van der Waals surface area contributed by atoms with Gasteiger partial charge < -0.3 is 9.30 Å². The fourth-order valence-corrected chi connectivity index (χ4v) is 2.51. The van der Waals surface area contributed by atoms with Crippen molar-refractivity contribution >= 4 is 22.6 Å². The van der Waals surface area contributed by atoms with Crippen molar-refractivity contribution in [1.29, 1.82) is 0 Å². The number of aryl methyl sites for hydroxylation is 2. The lowest BCUT2D eigenvalue weighted by Crippen LogP contribution is -2.05. The molecule has 0 saturated heterocycles. The number of ether oxygens (including phenoxy) is 1. The lowest BCUT2D eigenvalue weighted by atomic mass is 10.2. The summed E-state index contributed by atoms with van der Waals surface area (Å²) in [4.78, 5) is 4.67. The van der Waals surface area contributed by atoms with E-state index in [4.69, 9.17) is 16.3 Å². The second-order valence-electron chi connectivity index (χ2n) is 4.66. The van der Waals surface area contributed by atoms with Crippen molar-refractivity contribution in [1.82, 2.24) is 9.55 Å². The number of para-hydroxylation sites is 2. The molecule has 0 atom stereocenters. The molecular formula is C15H21ClN2O. The van der Waals surface area contributed by atoms with Gasteiger partial charge in [-0.05, 0) is 31.4 Å². The van der Waals surface area contributed by atoms with E-state index < -0.39 is 0 Å². The Morgan fingerprint density at radius 1 is 1.21 bits per heavy atom. The highest BCUT2D eigenvalue weighted by Gasteiger charge is 2.09. The maximum atomic E-state index is 5.87. The highest BCUT2D eigenvalue weighted by molar-refractivity contribution is 6.17. The largest absolute Gasteiger partial charge is 0.385 e. The molecule has 0 aliphatic rings. The highest BCUT2D eigenvalue weighted by Crippen LogP contribution is 2.17. The van der Waals surface area contributed by atoms with Gasteiger partial charge in [0, 0.05) is 32.6 Å². The number of unbranched alkanes of at least 4 members (excludes halogenated alkanes) is 2. The molecule has 0 N–H and O–H groups in total. The molecule has 1 aromatic carbocycles. The molecule has 0 fully saturated rings. The Labute approximate surface area is 119 Å². The molecular weight excluding hydrogens is 260 g/mol. The first-order valence-corrected chi connectivity index (χ1v) is 7.39. The number of hydrogen-bond donors (Lipinski definition) is 0. The van der Waals surface area contributed by atoms with Gasteiger partial charge in [-0.2, -0.15) is 0 Å². The third-order valence-electron chi connectivity index (χ3n) is 3.28. The van der Waals surface area contributed by atoms with Crippen LogP contribution in [0, 0.1) is 0 Å². The second-order valence-corrected chi connectivity index (χ2v) is 5.04. The normalized spacial score (nSPS) is 11.3. The Morgan fingerprint density at radius 2 is 2.05 bits per heavy atom. The van der Waals surface area contributed by atoms with Crippen molar-refractivity contribution in [3.05, 3.63) is 30.1 Å². The first-order chi connectivity index (χ1) is 9.36. The molecule has 0 amide bonds. The molecule has 0 aliphatic carbocycles. The summed E-state index contributed by atoms with van der Waals surface area (Å²) in [5.74, 6) is 1.72. The Balaban J connectivity index is 2.08. The predicted molar refractivity (Wildman–Crippen MR) is 79.9 cm³/mol. The second kappa shape index (κ2) is 7.51. The van der Waals surface area contributed by atoms with Gasteiger partial charge in [0.2, 0.25) is 0 Å². The summed E-state index contributed by atoms with van der Waals surface area (Å²) in [5.41, 5.74) is 2.29. The van der Waals surface area contributed by atoms with E-state index in [-0.39, 0.29) is 0 Å². The van der Waals surface area contributed by atoms with Gasteiger partial charge in [0.05, 0.1) is 11.0 Å². The monoisotopic (exact) mass is 280 g/mol. The van der Waals surface area contributed by atoms with Crippen LogP contribution in [0.25, 0.3) is 11.0 Å². The van der Waals surface area contributed by atoms with Crippen LogP contribution in [-0.2, 0) is 17.7 Å². The average Bonchev–Trinajstić information content (AvgIpc) is 2.77. The summed E-state index contributed by atoms with van der Waals surface area (Å²) in [6.07, 6.45) is 4.28. The van der Waals surface area contributed by atoms with E-state index in [0.29, 0.717) is 5.88 Å². The molecule has 19 heavy (non-hydrogen) atoms. The molecule has 0 saturated carbocycles. The van der Waals surface area contributed by atoms with E-state index in [1.165, 1.54) is 11.9 Å². The first kappa shape index (κ1) is 14.4. The van der Waals surface area contributed by atoms with Gasteiger partial charge in [-0.3, -0.25) is 0 Å². The fraction of sp³-hybridized carbons (Fsp3) is 0.533. The Kier molecular flexibility index (Phi) is 5.67. The number of rotatable bonds is 8. The molecule has 2 rings (SSSR count). The summed E-state index contributed by atoms with van der Waals surface area (Å²) in [5, 5.41) is 0. The van der Waals surface area contributed by atoms with Gasteiger partial charge >= 0.3 is 0 Å². The molecule has 3 nitrogen and oxygen atoms in total. The minimum Gasteiger partial charge on any atom is -0.385 e. The van der Waals surface area contributed by atoms with Gasteiger partial charge in [-0.1, -0.05) is 12.1 Å². The van der Waals surface area contributed by atoms with E-state index in [1.54, 1.807) is 7.11 Å². The first-order valence-electron chi connectivity index (χ1n) is 6.86. The molecule has 0 unspecified atom stereocenters. The summed E-state index contributed by atoms with van der Waals surface area (Å²) < 4.78 is 7.39. The Morgan fingerprint density at radius 3 is 2.84 bits per heavy atom. The van der Waals surface area contributed by atoms with Gasteiger partial charge in [0.25, 0.3) is 0 Å². The van der Waals surface area contributed by atoms with Crippen LogP contribution in [0.2, 0.25) is 0 Å². The predicted octanol–water partition coefficient (Wildman–Crippen LogP) is 3.63. The molecule has 2 aromatic rings. The fourth-order valence-electron chi connectivity index (χ4n) is 2.34. The summed E-state index contributed by atoms with van der Waals surface area (Å²) in [6, 6.07) is 8.29. The van der Waals surface area contributed by atoms with Crippen molar-refractivity contribution in [3.8, 4) is 0 Å². The molecule has 0 spiro atoms. The van der Waals surface area contributed by atoms with Crippen LogP contribution < -0.4 is 0 Å². The molecule has 0 bridgehead atoms. The molecule has 104 valence electrons. The maximum absolute atomic E-state index is 5.87. The van der Waals surface area contributed by atoms with Crippen LogP contribution in [0.3, 0.4) is 0 Å². The quantitative estimate of drug-likeness (QED) is 0.545. The number of alkyl halides is 1. The van der Waals surface area contributed by atoms with Crippen LogP contribution in [0.4, 0.5) is 0 Å². The van der Waals surface area contributed by atoms with Crippen molar-refractivity contribution < 1.29 is 4.74 Å². The number of hydrogen-bond acceptors (Lipinski definition) is 2. The summed E-state index contributed by atoms with van der Waals surface area (Å²) >= 11 is 5.87. The van der Waals surface area contributed by atoms with Crippen molar-refractivity contribution in [2.75, 3.05) is 19.6 Å². The zero-order valence-electron chi connectivity index (χ0n) is 11.4. The number of halogens is 1. The highest BCUT2D eigenvalue weighted by atomic mass is 35.5. The summed E-state index contributed by atoms with van der Waals surface area (Å²) in [7, 11) is 1.75. The van der Waals surface area contributed by atoms with E-state index >= 15 is 0 Å². The molecule has 1 heterocycles. The van der Waals surface area contributed by atoms with Crippen LogP contribution in [0.15, 0.2) is 24.3 Å². The van der Waals surface area contributed by atoms with Crippen LogP contribution in [-0.4, -0.2) is 29.1 Å². The number of aromatic nitrogens is 2. The minimum absolute atomic E-state index is 0.618. The van der Waals surface area contributed by atoms with Crippen LogP contribution in [0.1, 0.15) is 25.1 Å². The van der Waals surface area contributed by atoms with Crippen molar-refractivity contribution in [2.45, 2.75) is 32.2 Å². The minimum atomic E-state index is 0.618.